The van der Waals surface area contributed by atoms with Crippen LogP contribution in [0.2, 0.25) is 5.02 Å². The van der Waals surface area contributed by atoms with E-state index in [1.54, 1.807) is 26.0 Å². The molecule has 0 bridgehead atoms. The lowest BCUT2D eigenvalue weighted by molar-refractivity contribution is 0.0973. The van der Waals surface area contributed by atoms with Crippen LogP contribution in [0.5, 0.6) is 0 Å². The lowest BCUT2D eigenvalue weighted by Gasteiger charge is -2.37. The molecule has 2 aromatic rings. The second-order valence-corrected chi connectivity index (χ2v) is 9.77. The van der Waals surface area contributed by atoms with Crippen molar-refractivity contribution in [3.63, 3.8) is 0 Å². The number of ketones is 1. The number of aromatic nitrogens is 2. The van der Waals surface area contributed by atoms with Crippen molar-refractivity contribution < 1.29 is 13.2 Å². The van der Waals surface area contributed by atoms with Crippen molar-refractivity contribution in [1.82, 2.24) is 9.78 Å². The lowest BCUT2D eigenvalue weighted by Crippen LogP contribution is -2.44. The Morgan fingerprint density at radius 3 is 2.62 bits per heavy atom. The molecule has 1 N–H and O–H groups in total. The van der Waals surface area contributed by atoms with Crippen molar-refractivity contribution in [2.75, 3.05) is 0 Å². The lowest BCUT2D eigenvalue weighted by atomic mass is 9.78. The van der Waals surface area contributed by atoms with Crippen LogP contribution in [-0.4, -0.2) is 29.2 Å². The molecule has 0 amide bonds. The molecule has 1 aliphatic rings. The summed E-state index contributed by atoms with van der Waals surface area (Å²) in [5, 5.41) is 1.76. The Morgan fingerprint density at radius 1 is 1.38 bits per heavy atom. The summed E-state index contributed by atoms with van der Waals surface area (Å²) in [7, 11) is -3.96. The number of halogens is 1. The number of hydrogen-bond donors (Lipinski definition) is 1. The van der Waals surface area contributed by atoms with E-state index in [2.05, 4.69) is 5.10 Å². The highest BCUT2D eigenvalue weighted by molar-refractivity contribution is 7.93. The number of benzene rings is 1. The zero-order chi connectivity index (χ0) is 19.4. The van der Waals surface area contributed by atoms with Crippen molar-refractivity contribution in [1.29, 1.82) is 0 Å². The normalized spacial score (nSPS) is 20.6. The summed E-state index contributed by atoms with van der Waals surface area (Å²) < 4.78 is 27.8. The van der Waals surface area contributed by atoms with E-state index in [1.807, 2.05) is 13.8 Å². The molecule has 0 spiro atoms. The van der Waals surface area contributed by atoms with Gasteiger partial charge in [-0.3, -0.25) is 14.3 Å². The monoisotopic (exact) mass is 396 g/mol. The van der Waals surface area contributed by atoms with Gasteiger partial charge < -0.3 is 5.10 Å². The molecule has 26 heavy (non-hydrogen) atoms. The Morgan fingerprint density at radius 2 is 2.04 bits per heavy atom. The van der Waals surface area contributed by atoms with E-state index < -0.39 is 31.8 Å². The first-order valence-electron chi connectivity index (χ1n) is 8.38. The van der Waals surface area contributed by atoms with Gasteiger partial charge in [-0.25, -0.2) is 8.42 Å². The summed E-state index contributed by atoms with van der Waals surface area (Å²) in [4.78, 5) is 25.4. The van der Waals surface area contributed by atoms with Crippen LogP contribution in [-0.2, 0) is 21.8 Å². The molecule has 1 unspecified atom stereocenters. The number of carbonyl (C=O) groups excluding carboxylic acids is 1. The quantitative estimate of drug-likeness (QED) is 0.808. The van der Waals surface area contributed by atoms with Gasteiger partial charge in [-0.2, -0.15) is 0 Å². The zero-order valence-corrected chi connectivity index (χ0v) is 16.7. The minimum atomic E-state index is -3.96. The Labute approximate surface area is 157 Å². The topological polar surface area (TPSA) is 89.0 Å². The minimum absolute atomic E-state index is 0.0705. The molecule has 1 aromatic heterocycles. The van der Waals surface area contributed by atoms with Crippen LogP contribution in [0, 0.1) is 6.92 Å². The number of sulfone groups is 1. The van der Waals surface area contributed by atoms with Crippen molar-refractivity contribution in [2.45, 2.75) is 56.2 Å². The van der Waals surface area contributed by atoms with Crippen molar-refractivity contribution in [3.8, 4) is 0 Å². The fourth-order valence-electron chi connectivity index (χ4n) is 3.70. The fourth-order valence-corrected chi connectivity index (χ4v) is 6.69. The smallest absolute Gasteiger partial charge is 0.277 e. The number of fused-ring (bicyclic) bond motifs is 1. The van der Waals surface area contributed by atoms with E-state index in [4.69, 9.17) is 11.6 Å². The van der Waals surface area contributed by atoms with Crippen LogP contribution in [0.25, 0.3) is 0 Å². The van der Waals surface area contributed by atoms with Gasteiger partial charge in [-0.05, 0) is 42.9 Å². The predicted molar refractivity (Wildman–Crippen MR) is 99.9 cm³/mol. The summed E-state index contributed by atoms with van der Waals surface area (Å²) in [5.41, 5.74) is -0.152. The Balaban J connectivity index is 2.22. The van der Waals surface area contributed by atoms with Gasteiger partial charge in [0, 0.05) is 17.8 Å². The molecule has 0 radical (unpaired) electrons. The first-order valence-corrected chi connectivity index (χ1v) is 10.3. The van der Waals surface area contributed by atoms with Crippen LogP contribution in [0.1, 0.15) is 48.7 Å². The third-order valence-electron chi connectivity index (χ3n) is 5.05. The number of Topliss-reactive ketones (excluding diaryl/α,β-unsaturated/α-hetero) is 1. The maximum Gasteiger partial charge on any atom is 0.277 e. The summed E-state index contributed by atoms with van der Waals surface area (Å²) in [6.07, 6.45) is 1.36. The van der Waals surface area contributed by atoms with Gasteiger partial charge in [0.15, 0.2) is 15.6 Å². The number of hydrogen-bond acceptors (Lipinski definition) is 4. The van der Waals surface area contributed by atoms with Crippen molar-refractivity contribution in [2.24, 2.45) is 0 Å². The molecule has 0 fully saturated rings. The summed E-state index contributed by atoms with van der Waals surface area (Å²) in [6.45, 7) is 7.55. The number of carbonyl (C=O) groups is 1. The number of H-pyrrole nitrogens is 1. The summed E-state index contributed by atoms with van der Waals surface area (Å²) in [6, 6.07) is 3.32. The van der Waals surface area contributed by atoms with Gasteiger partial charge in [-0.1, -0.05) is 31.5 Å². The van der Waals surface area contributed by atoms with Gasteiger partial charge in [0.2, 0.25) is 0 Å². The minimum Gasteiger partial charge on any atom is -0.302 e. The SMILES string of the molecule is CCn1[nH]cc(C(=O)C2CC(C)(C)c3c(Cl)ccc(C)c3S2(=O)=O)c1=O. The molecule has 3 rings (SSSR count). The maximum atomic E-state index is 13.3. The molecule has 1 atom stereocenters. The third kappa shape index (κ3) is 2.65. The standard InChI is InChI=1S/C18H21ClN2O4S/c1-5-21-17(23)11(9-20-21)15(22)13-8-18(3,4)14-12(19)7-6-10(2)16(14)26(13,24)25/h6-7,9,13,20H,5,8H2,1-4H3. The fraction of sp³-hybridized carbons (Fsp3) is 0.444. The molecule has 1 aromatic carbocycles. The van der Waals surface area contributed by atoms with E-state index in [-0.39, 0.29) is 16.9 Å². The number of nitrogens with zero attached hydrogens (tertiary/aromatic N) is 1. The predicted octanol–water partition coefficient (Wildman–Crippen LogP) is 2.86. The Kier molecular flexibility index (Phi) is 4.43. The summed E-state index contributed by atoms with van der Waals surface area (Å²) >= 11 is 6.31. The summed E-state index contributed by atoms with van der Waals surface area (Å²) in [5.74, 6) is -0.670. The maximum absolute atomic E-state index is 13.3. The van der Waals surface area contributed by atoms with Crippen molar-refractivity contribution in [3.05, 3.63) is 50.4 Å². The first kappa shape index (κ1) is 18.9. The molecule has 140 valence electrons. The van der Waals surface area contributed by atoms with Crippen LogP contribution in [0.4, 0.5) is 0 Å². The van der Waals surface area contributed by atoms with Gasteiger partial charge >= 0.3 is 0 Å². The first-order chi connectivity index (χ1) is 12.0. The van der Waals surface area contributed by atoms with E-state index in [0.29, 0.717) is 22.7 Å². The van der Waals surface area contributed by atoms with Crippen LogP contribution in [0.3, 0.4) is 0 Å². The second kappa shape index (κ2) is 6.09. The highest BCUT2D eigenvalue weighted by atomic mass is 35.5. The molecular weight excluding hydrogens is 376 g/mol. The third-order valence-corrected chi connectivity index (χ3v) is 7.59. The van der Waals surface area contributed by atoms with E-state index in [0.717, 1.165) is 0 Å². The molecule has 0 aliphatic carbocycles. The highest BCUT2D eigenvalue weighted by Crippen LogP contribution is 2.46. The Bertz CT molecular complexity index is 1060. The van der Waals surface area contributed by atoms with Gasteiger partial charge in [0.05, 0.1) is 4.90 Å². The number of nitrogens with one attached hydrogen (secondary N) is 1. The molecule has 6 nitrogen and oxygen atoms in total. The Hall–Kier alpha value is -1.86. The van der Waals surface area contributed by atoms with Gasteiger partial charge in [0.25, 0.3) is 5.56 Å². The molecule has 0 saturated heterocycles. The number of rotatable bonds is 3. The zero-order valence-electron chi connectivity index (χ0n) is 15.1. The molecule has 2 heterocycles. The molecule has 8 heteroatoms. The average molecular weight is 397 g/mol. The van der Waals surface area contributed by atoms with Gasteiger partial charge in [-0.15, -0.1) is 0 Å². The molecular formula is C18H21ClN2O4S. The van der Waals surface area contributed by atoms with Crippen LogP contribution in [0.15, 0.2) is 28.0 Å². The van der Waals surface area contributed by atoms with Gasteiger partial charge in [0.1, 0.15) is 10.8 Å². The van der Waals surface area contributed by atoms with Crippen molar-refractivity contribution >= 4 is 27.2 Å². The second-order valence-electron chi connectivity index (χ2n) is 7.29. The highest BCUT2D eigenvalue weighted by Gasteiger charge is 2.48. The number of aryl methyl sites for hydroxylation is 2. The molecule has 1 aliphatic heterocycles. The van der Waals surface area contributed by atoms with Crippen LogP contribution < -0.4 is 5.56 Å². The largest absolute Gasteiger partial charge is 0.302 e. The number of aromatic amines is 1. The average Bonchev–Trinajstić information content (AvgIpc) is 2.93. The molecule has 0 saturated carbocycles. The van der Waals surface area contributed by atoms with E-state index >= 15 is 0 Å². The van der Waals surface area contributed by atoms with E-state index in [9.17, 15) is 18.0 Å². The van der Waals surface area contributed by atoms with E-state index in [1.165, 1.54) is 10.9 Å². The van der Waals surface area contributed by atoms with Crippen LogP contribution >= 0.6 is 11.6 Å².